The molecule has 2 unspecified atom stereocenters. The van der Waals surface area contributed by atoms with Crippen LogP contribution in [0, 0.1) is 5.92 Å². The monoisotopic (exact) mass is 164 g/mol. The van der Waals surface area contributed by atoms with Crippen molar-refractivity contribution in [3.05, 3.63) is 0 Å². The Balaban J connectivity index is 3.32. The molecule has 0 aromatic rings. The van der Waals surface area contributed by atoms with Crippen molar-refractivity contribution in [2.45, 2.75) is 32.4 Å². The summed E-state index contributed by atoms with van der Waals surface area (Å²) >= 11 is 0. The van der Waals surface area contributed by atoms with Gasteiger partial charge in [0, 0.05) is 5.25 Å². The van der Waals surface area contributed by atoms with Gasteiger partial charge in [0.05, 0.1) is 0 Å². The summed E-state index contributed by atoms with van der Waals surface area (Å²) < 4.78 is 0. The lowest BCUT2D eigenvalue weighted by Gasteiger charge is -2.15. The van der Waals surface area contributed by atoms with Crippen LogP contribution < -0.4 is 0 Å². The van der Waals surface area contributed by atoms with Gasteiger partial charge in [0.25, 0.3) is 0 Å². The Morgan fingerprint density at radius 2 is 1.89 bits per heavy atom. The summed E-state index contributed by atoms with van der Waals surface area (Å²) in [6.07, 6.45) is 3.44. The summed E-state index contributed by atoms with van der Waals surface area (Å²) in [5, 5.41) is 0.810. The Morgan fingerprint density at radius 3 is 2.22 bits per heavy atom. The fourth-order valence-electron chi connectivity index (χ4n) is 0.579. The Kier molecular flexibility index (Phi) is 5.91. The van der Waals surface area contributed by atoms with Crippen LogP contribution >= 0.6 is 21.6 Å². The highest BCUT2D eigenvalue weighted by Gasteiger charge is 2.08. The smallest absolute Gasteiger partial charge is 0.0148 e. The molecule has 0 aliphatic carbocycles. The van der Waals surface area contributed by atoms with Crippen molar-refractivity contribution in [2.24, 2.45) is 5.92 Å². The van der Waals surface area contributed by atoms with Crippen LogP contribution in [0.3, 0.4) is 0 Å². The van der Waals surface area contributed by atoms with Crippen molar-refractivity contribution in [1.82, 2.24) is 0 Å². The molecule has 0 aliphatic heterocycles. The molecule has 0 rings (SSSR count). The minimum absolute atomic E-state index is 0.810. The number of hydrogen-bond acceptors (Lipinski definition) is 2. The first-order chi connectivity index (χ1) is 4.22. The van der Waals surface area contributed by atoms with E-state index < -0.39 is 0 Å². The first-order valence-electron chi connectivity index (χ1n) is 3.41. The molecule has 0 aromatic carbocycles. The van der Waals surface area contributed by atoms with Gasteiger partial charge in [-0.1, -0.05) is 48.8 Å². The molecule has 0 amide bonds. The van der Waals surface area contributed by atoms with Crippen molar-refractivity contribution >= 4 is 21.6 Å². The van der Waals surface area contributed by atoms with E-state index in [0.29, 0.717) is 0 Å². The van der Waals surface area contributed by atoms with Gasteiger partial charge < -0.3 is 0 Å². The highest BCUT2D eigenvalue weighted by molar-refractivity contribution is 8.76. The van der Waals surface area contributed by atoms with E-state index in [-0.39, 0.29) is 0 Å². The van der Waals surface area contributed by atoms with Crippen molar-refractivity contribution in [1.29, 1.82) is 0 Å². The zero-order valence-corrected chi connectivity index (χ0v) is 8.31. The van der Waals surface area contributed by atoms with Gasteiger partial charge in [-0.25, -0.2) is 0 Å². The second-order valence-corrected chi connectivity index (χ2v) is 5.20. The molecule has 0 aromatic heterocycles. The van der Waals surface area contributed by atoms with Crippen LogP contribution in [0.5, 0.6) is 0 Å². The first kappa shape index (κ1) is 9.70. The lowest BCUT2D eigenvalue weighted by atomic mass is 10.1. The lowest BCUT2D eigenvalue weighted by molar-refractivity contribution is 0.560. The van der Waals surface area contributed by atoms with Crippen LogP contribution in [0.15, 0.2) is 0 Å². The molecule has 2 atom stereocenters. The summed E-state index contributed by atoms with van der Waals surface area (Å²) in [7, 11) is 3.85. The first-order valence-corrected chi connectivity index (χ1v) is 6.04. The molecule has 0 spiro atoms. The van der Waals surface area contributed by atoms with E-state index in [2.05, 4.69) is 27.0 Å². The van der Waals surface area contributed by atoms with Crippen molar-refractivity contribution in [3.8, 4) is 0 Å². The lowest BCUT2D eigenvalue weighted by Crippen LogP contribution is -2.06. The third-order valence-electron chi connectivity index (χ3n) is 1.69. The Hall–Kier alpha value is 0.700. The number of rotatable bonds is 4. The van der Waals surface area contributed by atoms with Crippen molar-refractivity contribution in [3.63, 3.8) is 0 Å². The molecule has 2 heteroatoms. The number of hydrogen-bond donors (Lipinski definition) is 0. The van der Waals surface area contributed by atoms with E-state index in [9.17, 15) is 0 Å². The average molecular weight is 164 g/mol. The third kappa shape index (κ3) is 4.15. The molecule has 0 bridgehead atoms. The molecule has 0 heterocycles. The average Bonchev–Trinajstić information content (AvgIpc) is 1.87. The van der Waals surface area contributed by atoms with E-state index in [1.165, 1.54) is 6.42 Å². The van der Waals surface area contributed by atoms with Gasteiger partial charge in [-0.05, 0) is 12.2 Å². The standard InChI is InChI=1S/C7H16S2/c1-5-6(2)7(3)9-8-4/h6-7H,5H2,1-4H3. The van der Waals surface area contributed by atoms with Gasteiger partial charge in [0.15, 0.2) is 0 Å². The van der Waals surface area contributed by atoms with Gasteiger partial charge in [0.2, 0.25) is 0 Å². The second-order valence-electron chi connectivity index (χ2n) is 2.35. The third-order valence-corrected chi connectivity index (χ3v) is 4.14. The summed E-state index contributed by atoms with van der Waals surface area (Å²) in [5.74, 6) is 0.863. The van der Waals surface area contributed by atoms with E-state index in [0.717, 1.165) is 11.2 Å². The fraction of sp³-hybridized carbons (Fsp3) is 1.00. The maximum atomic E-state index is 2.31. The highest BCUT2D eigenvalue weighted by Crippen LogP contribution is 2.29. The van der Waals surface area contributed by atoms with Crippen LogP contribution in [0.4, 0.5) is 0 Å². The Labute approximate surface area is 66.6 Å². The van der Waals surface area contributed by atoms with Gasteiger partial charge >= 0.3 is 0 Å². The van der Waals surface area contributed by atoms with Gasteiger partial charge in [-0.15, -0.1) is 0 Å². The fourth-order valence-corrected chi connectivity index (χ4v) is 2.74. The van der Waals surface area contributed by atoms with E-state index in [4.69, 9.17) is 0 Å². The van der Waals surface area contributed by atoms with Crippen molar-refractivity contribution < 1.29 is 0 Å². The van der Waals surface area contributed by atoms with E-state index in [1.54, 1.807) is 0 Å². The molecule has 56 valence electrons. The Morgan fingerprint density at radius 1 is 1.33 bits per heavy atom. The SMILES string of the molecule is CCC(C)C(C)SSC. The minimum Gasteiger partial charge on any atom is -0.0973 e. The molecule has 0 nitrogen and oxygen atoms in total. The van der Waals surface area contributed by atoms with E-state index in [1.807, 2.05) is 21.6 Å². The molecule has 0 N–H and O–H groups in total. The van der Waals surface area contributed by atoms with Crippen molar-refractivity contribution in [2.75, 3.05) is 6.26 Å². The van der Waals surface area contributed by atoms with Gasteiger partial charge in [0.1, 0.15) is 0 Å². The maximum Gasteiger partial charge on any atom is 0.0148 e. The molecule has 0 fully saturated rings. The minimum atomic E-state index is 0.810. The van der Waals surface area contributed by atoms with Gasteiger partial charge in [-0.3, -0.25) is 0 Å². The molecular weight excluding hydrogens is 148 g/mol. The predicted molar refractivity (Wildman–Crippen MR) is 50.0 cm³/mol. The second kappa shape index (κ2) is 5.48. The normalized spacial score (nSPS) is 17.3. The zero-order valence-electron chi connectivity index (χ0n) is 6.68. The predicted octanol–water partition coefficient (Wildman–Crippen LogP) is 3.43. The maximum absolute atomic E-state index is 2.31. The van der Waals surface area contributed by atoms with Crippen LogP contribution in [0.2, 0.25) is 0 Å². The van der Waals surface area contributed by atoms with Crippen LogP contribution in [-0.4, -0.2) is 11.5 Å². The van der Waals surface area contributed by atoms with Crippen LogP contribution in [0.1, 0.15) is 27.2 Å². The van der Waals surface area contributed by atoms with Crippen LogP contribution in [0.25, 0.3) is 0 Å². The summed E-state index contributed by atoms with van der Waals surface area (Å²) in [5.41, 5.74) is 0. The quantitative estimate of drug-likeness (QED) is 0.584. The van der Waals surface area contributed by atoms with Crippen LogP contribution in [-0.2, 0) is 0 Å². The zero-order chi connectivity index (χ0) is 7.28. The molecule has 0 aliphatic rings. The summed E-state index contributed by atoms with van der Waals surface area (Å²) in [6, 6.07) is 0. The summed E-state index contributed by atoms with van der Waals surface area (Å²) in [6.45, 7) is 6.87. The summed E-state index contributed by atoms with van der Waals surface area (Å²) in [4.78, 5) is 0. The topological polar surface area (TPSA) is 0 Å². The molecule has 0 radical (unpaired) electrons. The van der Waals surface area contributed by atoms with Gasteiger partial charge in [-0.2, -0.15) is 0 Å². The van der Waals surface area contributed by atoms with E-state index >= 15 is 0 Å². The highest BCUT2D eigenvalue weighted by atomic mass is 33.1. The molecular formula is C7H16S2. The Bertz CT molecular complexity index is 63.9. The molecule has 9 heavy (non-hydrogen) atoms. The molecule has 0 saturated heterocycles. The largest absolute Gasteiger partial charge is 0.0973 e. The molecule has 0 saturated carbocycles.